The summed E-state index contributed by atoms with van der Waals surface area (Å²) in [5, 5.41) is 5.19. The molecule has 4 rings (SSSR count). The van der Waals surface area contributed by atoms with Crippen LogP contribution in [0.25, 0.3) is 0 Å². The third kappa shape index (κ3) is 4.44. The molecule has 3 amide bonds. The number of methoxy groups -OCH3 is 1. The van der Waals surface area contributed by atoms with Gasteiger partial charge in [0.2, 0.25) is 5.91 Å². The Kier molecular flexibility index (Phi) is 5.99. The zero-order chi connectivity index (χ0) is 22.0. The molecule has 0 radical (unpaired) electrons. The minimum absolute atomic E-state index is 0.0265. The number of carbonyl (C=O) groups is 3. The minimum Gasteiger partial charge on any atom is -0.375 e. The van der Waals surface area contributed by atoms with E-state index in [4.69, 9.17) is 4.74 Å². The Balaban J connectivity index is 1.41. The molecule has 0 spiro atoms. The van der Waals surface area contributed by atoms with Gasteiger partial charge in [-0.2, -0.15) is 0 Å². The maximum absolute atomic E-state index is 13.4. The Morgan fingerprint density at radius 1 is 1.13 bits per heavy atom. The van der Waals surface area contributed by atoms with Gasteiger partial charge in [-0.1, -0.05) is 12.1 Å². The maximum Gasteiger partial charge on any atom is 0.313 e. The van der Waals surface area contributed by atoms with E-state index in [1.54, 1.807) is 12.1 Å². The predicted molar refractivity (Wildman–Crippen MR) is 113 cm³/mol. The largest absolute Gasteiger partial charge is 0.375 e. The first-order valence-electron chi connectivity index (χ1n) is 10.3. The fraction of sp³-hybridized carbons (Fsp3) is 0.348. The molecule has 0 aliphatic carbocycles. The van der Waals surface area contributed by atoms with Gasteiger partial charge in [-0.3, -0.25) is 14.4 Å². The van der Waals surface area contributed by atoms with Crippen LogP contribution in [0.15, 0.2) is 36.4 Å². The predicted octanol–water partition coefficient (Wildman–Crippen LogP) is 2.49. The molecule has 0 bridgehead atoms. The van der Waals surface area contributed by atoms with Crippen LogP contribution in [-0.2, 0) is 32.0 Å². The highest BCUT2D eigenvalue weighted by Crippen LogP contribution is 2.37. The van der Waals surface area contributed by atoms with Gasteiger partial charge in [0.05, 0.1) is 11.8 Å². The van der Waals surface area contributed by atoms with Gasteiger partial charge < -0.3 is 20.3 Å². The number of ether oxygens (including phenoxy) is 1. The Morgan fingerprint density at radius 3 is 2.65 bits per heavy atom. The second kappa shape index (κ2) is 8.85. The van der Waals surface area contributed by atoms with Crippen molar-refractivity contribution in [3.05, 3.63) is 58.9 Å². The van der Waals surface area contributed by atoms with Gasteiger partial charge in [-0.25, -0.2) is 4.39 Å². The molecule has 1 atom stereocenters. The van der Waals surface area contributed by atoms with Crippen LogP contribution in [0.5, 0.6) is 0 Å². The van der Waals surface area contributed by atoms with Crippen molar-refractivity contribution < 1.29 is 23.5 Å². The molecule has 2 aliphatic heterocycles. The number of rotatable bonds is 5. The molecular weight excluding hydrogens is 401 g/mol. The first-order chi connectivity index (χ1) is 15.0. The molecule has 0 aromatic heterocycles. The highest BCUT2D eigenvalue weighted by Gasteiger charge is 2.30. The molecule has 8 heteroatoms. The van der Waals surface area contributed by atoms with Crippen molar-refractivity contribution in [2.75, 3.05) is 30.4 Å². The molecule has 1 unspecified atom stereocenters. The second-order valence-electron chi connectivity index (χ2n) is 7.74. The lowest BCUT2D eigenvalue weighted by Gasteiger charge is -2.35. The van der Waals surface area contributed by atoms with Gasteiger partial charge in [-0.15, -0.1) is 0 Å². The van der Waals surface area contributed by atoms with Crippen LogP contribution in [-0.4, -0.2) is 37.9 Å². The normalized spacial score (nSPS) is 15.8. The van der Waals surface area contributed by atoms with Gasteiger partial charge in [0.15, 0.2) is 0 Å². The third-order valence-electron chi connectivity index (χ3n) is 5.69. The molecule has 2 aromatic rings. The van der Waals surface area contributed by atoms with Crippen molar-refractivity contribution >= 4 is 29.1 Å². The zero-order valence-electron chi connectivity index (χ0n) is 17.2. The van der Waals surface area contributed by atoms with Crippen molar-refractivity contribution in [1.29, 1.82) is 0 Å². The Bertz CT molecular complexity index is 1020. The van der Waals surface area contributed by atoms with Crippen molar-refractivity contribution in [2.24, 2.45) is 0 Å². The first-order valence-corrected chi connectivity index (χ1v) is 10.3. The van der Waals surface area contributed by atoms with Crippen LogP contribution in [0.1, 0.15) is 35.6 Å². The summed E-state index contributed by atoms with van der Waals surface area (Å²) in [4.78, 5) is 38.7. The summed E-state index contributed by atoms with van der Waals surface area (Å²) in [6.07, 6.45) is 2.18. The van der Waals surface area contributed by atoms with Crippen LogP contribution in [0.2, 0.25) is 0 Å². The van der Waals surface area contributed by atoms with Crippen LogP contribution in [0, 0.1) is 5.82 Å². The Morgan fingerprint density at radius 2 is 1.90 bits per heavy atom. The van der Waals surface area contributed by atoms with E-state index in [2.05, 4.69) is 10.6 Å². The summed E-state index contributed by atoms with van der Waals surface area (Å²) in [7, 11) is 1.45. The molecule has 2 aromatic carbocycles. The number of aryl methyl sites for hydroxylation is 2. The van der Waals surface area contributed by atoms with E-state index in [0.717, 1.165) is 36.2 Å². The topological polar surface area (TPSA) is 87.7 Å². The number of benzene rings is 2. The summed E-state index contributed by atoms with van der Waals surface area (Å²) in [6, 6.07) is 9.56. The quantitative estimate of drug-likeness (QED) is 0.721. The number of hydrogen-bond donors (Lipinski definition) is 2. The smallest absolute Gasteiger partial charge is 0.313 e. The van der Waals surface area contributed by atoms with Gasteiger partial charge in [0.25, 0.3) is 0 Å². The molecule has 2 heterocycles. The van der Waals surface area contributed by atoms with Crippen LogP contribution in [0.3, 0.4) is 0 Å². The Hall–Kier alpha value is -3.26. The standard InChI is InChI=1S/C23H24FN3O4/c1-31-19(14-4-2-6-17(24)10-14)13-25-22(29)23(30)26-18-11-15-5-3-9-27-20(28)8-7-16(12-18)21(15)27/h2,4,6,10-12,19H,3,5,7-9,13H2,1H3,(H,25,29)(H,26,30). The van der Waals surface area contributed by atoms with E-state index >= 15 is 0 Å². The van der Waals surface area contributed by atoms with E-state index in [-0.39, 0.29) is 12.5 Å². The number of halogens is 1. The lowest BCUT2D eigenvalue weighted by molar-refractivity contribution is -0.136. The number of nitrogens with one attached hydrogen (secondary N) is 2. The van der Waals surface area contributed by atoms with Crippen LogP contribution in [0.4, 0.5) is 15.8 Å². The van der Waals surface area contributed by atoms with E-state index < -0.39 is 23.7 Å². The second-order valence-corrected chi connectivity index (χ2v) is 7.74. The molecule has 162 valence electrons. The molecule has 7 nitrogen and oxygen atoms in total. The summed E-state index contributed by atoms with van der Waals surface area (Å²) in [5.41, 5.74) is 4.09. The maximum atomic E-state index is 13.4. The first kappa shape index (κ1) is 21.0. The SMILES string of the molecule is COC(CNC(=O)C(=O)Nc1cc2c3c(c1)CCC(=O)N3CCC2)c1cccc(F)c1. The monoisotopic (exact) mass is 425 g/mol. The van der Waals surface area contributed by atoms with Crippen LogP contribution < -0.4 is 15.5 Å². The molecule has 0 saturated heterocycles. The minimum atomic E-state index is -0.804. The summed E-state index contributed by atoms with van der Waals surface area (Å²) >= 11 is 0. The van der Waals surface area contributed by atoms with Gasteiger partial charge >= 0.3 is 11.8 Å². The lowest BCUT2D eigenvalue weighted by Crippen LogP contribution is -2.40. The van der Waals surface area contributed by atoms with Gasteiger partial charge in [0, 0.05) is 32.3 Å². The Labute approximate surface area is 179 Å². The van der Waals surface area contributed by atoms with E-state index in [1.165, 1.54) is 19.2 Å². The molecule has 2 N–H and O–H groups in total. The van der Waals surface area contributed by atoms with Crippen molar-refractivity contribution in [2.45, 2.75) is 31.8 Å². The van der Waals surface area contributed by atoms with Gasteiger partial charge in [-0.05, 0) is 60.2 Å². The van der Waals surface area contributed by atoms with Crippen molar-refractivity contribution in [3.63, 3.8) is 0 Å². The molecule has 0 saturated carbocycles. The summed E-state index contributed by atoms with van der Waals surface area (Å²) < 4.78 is 18.7. The number of anilines is 2. The molecule has 31 heavy (non-hydrogen) atoms. The van der Waals surface area contributed by atoms with Crippen molar-refractivity contribution in [1.82, 2.24) is 5.32 Å². The average Bonchev–Trinajstić information content (AvgIpc) is 2.76. The lowest BCUT2D eigenvalue weighted by atomic mass is 9.91. The number of carbonyl (C=O) groups excluding carboxylic acids is 3. The fourth-order valence-corrected chi connectivity index (χ4v) is 4.22. The average molecular weight is 425 g/mol. The molecular formula is C23H24FN3O4. The van der Waals surface area contributed by atoms with E-state index in [1.807, 2.05) is 17.0 Å². The number of nitrogens with zero attached hydrogens (tertiary/aromatic N) is 1. The number of amides is 3. The third-order valence-corrected chi connectivity index (χ3v) is 5.69. The van der Waals surface area contributed by atoms with Crippen molar-refractivity contribution in [3.8, 4) is 0 Å². The fourth-order valence-electron chi connectivity index (χ4n) is 4.22. The van der Waals surface area contributed by atoms with Crippen LogP contribution >= 0.6 is 0 Å². The summed E-state index contributed by atoms with van der Waals surface area (Å²) in [6.45, 7) is 0.748. The van der Waals surface area contributed by atoms with E-state index in [0.29, 0.717) is 24.1 Å². The highest BCUT2D eigenvalue weighted by atomic mass is 19.1. The number of hydrogen-bond acceptors (Lipinski definition) is 4. The van der Waals surface area contributed by atoms with E-state index in [9.17, 15) is 18.8 Å². The highest BCUT2D eigenvalue weighted by molar-refractivity contribution is 6.39. The molecule has 0 fully saturated rings. The van der Waals surface area contributed by atoms with Gasteiger partial charge in [0.1, 0.15) is 5.82 Å². The summed E-state index contributed by atoms with van der Waals surface area (Å²) in [5.74, 6) is -1.86. The zero-order valence-corrected chi connectivity index (χ0v) is 17.2. The molecule has 2 aliphatic rings.